The summed E-state index contributed by atoms with van der Waals surface area (Å²) in [6.07, 6.45) is 2.03. The molecule has 494 valence electrons. The van der Waals surface area contributed by atoms with Crippen LogP contribution in [0.4, 0.5) is 0 Å². The highest BCUT2D eigenvalue weighted by Gasteiger charge is 2.33. The second-order valence-corrected chi connectivity index (χ2v) is 24.2. The maximum absolute atomic E-state index is 2.36. The first-order valence-electron chi connectivity index (χ1n) is 35.1. The molecule has 0 nitrogen and oxygen atoms in total. The summed E-state index contributed by atoms with van der Waals surface area (Å²) in [5.74, 6) is 0. The van der Waals surface area contributed by atoms with E-state index < -0.39 is 0 Å². The average Bonchev–Trinajstić information content (AvgIpc) is 0.773. The van der Waals surface area contributed by atoms with E-state index in [1.807, 2.05) is 87.4 Å². The molecule has 0 heterocycles. The first kappa shape index (κ1) is 79.7. The molecule has 0 fully saturated rings. The molecular formula is C94H118. The Bertz CT molecular complexity index is 3620. The molecule has 0 saturated heterocycles. The molecule has 0 bridgehead atoms. The summed E-state index contributed by atoms with van der Waals surface area (Å²) in [7, 11) is 0. The van der Waals surface area contributed by atoms with Crippen LogP contribution in [0, 0.1) is 62.3 Å². The molecule has 1 unspecified atom stereocenters. The molecule has 94 heavy (non-hydrogen) atoms. The number of aryl methyl sites for hydroxylation is 8. The molecule has 0 spiro atoms. The summed E-state index contributed by atoms with van der Waals surface area (Å²) in [6, 6.07) is 98.7. The van der Waals surface area contributed by atoms with Gasteiger partial charge in [-0.2, -0.15) is 0 Å². The highest BCUT2D eigenvalue weighted by Crippen LogP contribution is 2.41. The van der Waals surface area contributed by atoms with Crippen LogP contribution < -0.4 is 0 Å². The van der Waals surface area contributed by atoms with E-state index >= 15 is 0 Å². The molecule has 11 aromatic carbocycles. The van der Waals surface area contributed by atoms with Crippen molar-refractivity contribution in [3.05, 3.63) is 390 Å². The summed E-state index contributed by atoms with van der Waals surface area (Å²) < 4.78 is 0. The summed E-state index contributed by atoms with van der Waals surface area (Å²) in [5.41, 5.74) is 28.1. The topological polar surface area (TPSA) is 0 Å². The fraction of sp³-hybridized carbons (Fsp3) is 0.298. The lowest BCUT2D eigenvalue weighted by molar-refractivity contribution is 0.637. The van der Waals surface area contributed by atoms with Crippen molar-refractivity contribution in [2.75, 3.05) is 0 Å². The van der Waals surface area contributed by atoms with Crippen LogP contribution in [0.15, 0.2) is 273 Å². The Morgan fingerprint density at radius 3 is 0.691 bits per heavy atom. The van der Waals surface area contributed by atoms with Gasteiger partial charge in [0, 0.05) is 16.2 Å². The Labute approximate surface area is 574 Å². The lowest BCUT2D eigenvalue weighted by atomic mass is 9.70. The van der Waals surface area contributed by atoms with Crippen LogP contribution in [0.25, 0.3) is 0 Å². The third-order valence-electron chi connectivity index (χ3n) is 17.5. The van der Waals surface area contributed by atoms with Crippen molar-refractivity contribution < 1.29 is 0 Å². The highest BCUT2D eigenvalue weighted by atomic mass is 14.4. The second-order valence-electron chi connectivity index (χ2n) is 24.2. The van der Waals surface area contributed by atoms with E-state index in [0.29, 0.717) is 0 Å². The monoisotopic (exact) mass is 1250 g/mol. The first-order valence-corrected chi connectivity index (χ1v) is 35.1. The first-order chi connectivity index (χ1) is 45.4. The van der Waals surface area contributed by atoms with Crippen LogP contribution >= 0.6 is 0 Å². The van der Waals surface area contributed by atoms with E-state index in [1.165, 1.54) is 117 Å². The van der Waals surface area contributed by atoms with Gasteiger partial charge in [-0.15, -0.1) is 0 Å². The number of rotatable bonds is 12. The molecule has 0 heteroatoms. The van der Waals surface area contributed by atoms with E-state index in [-0.39, 0.29) is 16.2 Å². The van der Waals surface area contributed by atoms with Crippen molar-refractivity contribution in [3.63, 3.8) is 0 Å². The van der Waals surface area contributed by atoms with Crippen molar-refractivity contribution in [2.45, 2.75) is 188 Å². The van der Waals surface area contributed by atoms with Gasteiger partial charge in [-0.3, -0.25) is 0 Å². The predicted octanol–water partition coefficient (Wildman–Crippen LogP) is 26.9. The van der Waals surface area contributed by atoms with Gasteiger partial charge in [-0.05, 0) is 172 Å². The fourth-order valence-corrected chi connectivity index (χ4v) is 11.6. The van der Waals surface area contributed by atoms with E-state index in [9.17, 15) is 0 Å². The molecule has 0 aliphatic carbocycles. The van der Waals surface area contributed by atoms with Crippen LogP contribution in [-0.2, 0) is 29.1 Å². The summed E-state index contributed by atoms with van der Waals surface area (Å²) in [5, 5.41) is 0. The van der Waals surface area contributed by atoms with Crippen molar-refractivity contribution in [1.82, 2.24) is 0 Å². The Hall–Kier alpha value is -8.58. The maximum atomic E-state index is 2.36. The lowest BCUT2D eigenvalue weighted by Crippen LogP contribution is -2.26. The van der Waals surface area contributed by atoms with Gasteiger partial charge in [0.15, 0.2) is 0 Å². The SMILES string of the molecule is CC.CC.CC.CC.CC.CC(c1ccccc1)(c1ccccc1)c1ccccc1.Cc1ccc(C(C)(C)c2ccc(C(C)(c3ccccc3)c3ccc(C)cc3)cc2)cc1.Cc1ccc(C)c(Cc2cc(C)cc(Cc3cc(C)ccc3C)c2C)c1.Cc1ccccc1. The molecule has 0 amide bonds. The van der Waals surface area contributed by atoms with Gasteiger partial charge in [0.2, 0.25) is 0 Å². The predicted molar refractivity (Wildman–Crippen MR) is 419 cm³/mol. The van der Waals surface area contributed by atoms with Gasteiger partial charge in [0.25, 0.3) is 0 Å². The zero-order chi connectivity index (χ0) is 69.9. The molecule has 0 aromatic heterocycles. The van der Waals surface area contributed by atoms with E-state index in [2.05, 4.69) is 345 Å². The van der Waals surface area contributed by atoms with E-state index in [1.54, 1.807) is 0 Å². The third-order valence-corrected chi connectivity index (χ3v) is 17.5. The molecule has 0 N–H and O–H groups in total. The van der Waals surface area contributed by atoms with E-state index in [4.69, 9.17) is 0 Å². The molecule has 0 saturated carbocycles. The Kier molecular flexibility index (Phi) is 34.9. The van der Waals surface area contributed by atoms with Crippen LogP contribution in [0.1, 0.15) is 214 Å². The number of hydrogen-bond donors (Lipinski definition) is 0. The zero-order valence-corrected chi connectivity index (χ0v) is 62.4. The van der Waals surface area contributed by atoms with Crippen LogP contribution in [0.5, 0.6) is 0 Å². The zero-order valence-electron chi connectivity index (χ0n) is 62.4. The van der Waals surface area contributed by atoms with Crippen molar-refractivity contribution >= 4 is 0 Å². The smallest absolute Gasteiger partial charge is 0.0423 e. The summed E-state index contributed by atoms with van der Waals surface area (Å²) in [6.45, 7) is 48.9. The van der Waals surface area contributed by atoms with Crippen LogP contribution in [0.3, 0.4) is 0 Å². The van der Waals surface area contributed by atoms with Gasteiger partial charge >= 0.3 is 0 Å². The van der Waals surface area contributed by atoms with Crippen LogP contribution in [0.2, 0.25) is 0 Å². The standard InChI is InChI=1S/C31H32.C26H30.C20H18.C7H8.5C2H6/c1-23-11-15-25(16-12-23)30(3,4)26-19-21-29(22-20-26)31(5,27-9-7-6-8-10-27)28-17-13-24(2)14-18-28;1-17-7-9-20(4)23(11-17)15-25-13-19(3)14-26(22(25)6)16-24-12-18(2)8-10-21(24)5;1-20(17-11-5-2-6-12-17,18-13-7-3-8-14-18)19-15-9-4-10-16-19;1-7-5-3-2-4-6-7;5*1-2/h6-22H,1-5H3;7-14H,15-16H2,1-6H3;2-16H,1H3;2-6H,1H3;5*1-2H3. The Morgan fingerprint density at radius 2 is 0.415 bits per heavy atom. The van der Waals surface area contributed by atoms with Crippen LogP contribution in [-0.4, -0.2) is 0 Å². The van der Waals surface area contributed by atoms with Crippen molar-refractivity contribution in [2.24, 2.45) is 0 Å². The minimum absolute atomic E-state index is 0.0424. The molecule has 11 aromatic rings. The third kappa shape index (κ3) is 22.3. The quantitative estimate of drug-likeness (QED) is 0.107. The number of hydrogen-bond acceptors (Lipinski definition) is 0. The minimum Gasteiger partial charge on any atom is -0.0683 e. The van der Waals surface area contributed by atoms with Gasteiger partial charge in [-0.1, -0.05) is 389 Å². The summed E-state index contributed by atoms with van der Waals surface area (Å²) >= 11 is 0. The molecule has 0 aliphatic heterocycles. The molecule has 0 radical (unpaired) electrons. The molecule has 0 aliphatic rings. The maximum Gasteiger partial charge on any atom is 0.0423 e. The Morgan fingerprint density at radius 1 is 0.202 bits per heavy atom. The van der Waals surface area contributed by atoms with Crippen molar-refractivity contribution in [1.29, 1.82) is 0 Å². The molecular weight excluding hydrogens is 1130 g/mol. The summed E-state index contributed by atoms with van der Waals surface area (Å²) in [4.78, 5) is 0. The van der Waals surface area contributed by atoms with Gasteiger partial charge < -0.3 is 0 Å². The number of benzene rings is 11. The van der Waals surface area contributed by atoms with Gasteiger partial charge in [0.1, 0.15) is 0 Å². The normalized spacial score (nSPS) is 10.9. The fourth-order valence-electron chi connectivity index (χ4n) is 11.6. The molecule has 1 atom stereocenters. The second kappa shape index (κ2) is 41.2. The minimum atomic E-state index is -0.207. The van der Waals surface area contributed by atoms with Crippen molar-refractivity contribution in [3.8, 4) is 0 Å². The highest BCUT2D eigenvalue weighted by molar-refractivity contribution is 5.53. The van der Waals surface area contributed by atoms with E-state index in [0.717, 1.165) is 12.8 Å². The largest absolute Gasteiger partial charge is 0.0683 e. The molecule has 11 rings (SSSR count). The van der Waals surface area contributed by atoms with Gasteiger partial charge in [-0.25, -0.2) is 0 Å². The average molecular weight is 1250 g/mol. The van der Waals surface area contributed by atoms with Gasteiger partial charge in [0.05, 0.1) is 0 Å². The lowest BCUT2D eigenvalue weighted by Gasteiger charge is -2.33. The Balaban J connectivity index is 0.000000332.